The van der Waals surface area contributed by atoms with Crippen LogP contribution >= 0.6 is 0 Å². The minimum absolute atomic E-state index is 0. The number of nitrogens with one attached hydrogen (secondary N) is 1. The van der Waals surface area contributed by atoms with Crippen LogP contribution in [0.3, 0.4) is 0 Å². The largest absolute Gasteiger partial charge is 0.870 e. The summed E-state index contributed by atoms with van der Waals surface area (Å²) < 4.78 is 0. The lowest BCUT2D eigenvalue weighted by atomic mass is 10.1. The van der Waals surface area contributed by atoms with Gasteiger partial charge in [0.05, 0.1) is 19.6 Å². The molecular formula is C14H33NO. The van der Waals surface area contributed by atoms with Gasteiger partial charge in [0.25, 0.3) is 0 Å². The van der Waals surface area contributed by atoms with Crippen LogP contribution in [0.4, 0.5) is 0 Å². The molecule has 0 radical (unpaired) electrons. The molecule has 2 N–H and O–H groups in total. The van der Waals surface area contributed by atoms with E-state index >= 15 is 0 Å². The van der Waals surface area contributed by atoms with Crippen LogP contribution in [0.25, 0.3) is 0 Å². The van der Waals surface area contributed by atoms with Crippen molar-refractivity contribution in [3.63, 3.8) is 0 Å². The zero-order chi connectivity index (χ0) is 11.4. The van der Waals surface area contributed by atoms with Gasteiger partial charge in [0, 0.05) is 0 Å². The van der Waals surface area contributed by atoms with Crippen LogP contribution in [-0.2, 0) is 0 Å². The topological polar surface area (TPSA) is 34.4 Å². The van der Waals surface area contributed by atoms with Crippen molar-refractivity contribution in [1.82, 2.24) is 0 Å². The summed E-state index contributed by atoms with van der Waals surface area (Å²) in [5, 5.41) is 0. The van der Waals surface area contributed by atoms with Gasteiger partial charge in [0.15, 0.2) is 0 Å². The lowest BCUT2D eigenvalue weighted by Crippen LogP contribution is -3.11. The molecule has 0 aromatic carbocycles. The van der Waals surface area contributed by atoms with E-state index in [1.54, 1.807) is 4.90 Å². The molecular weight excluding hydrogens is 198 g/mol. The van der Waals surface area contributed by atoms with Gasteiger partial charge in [0.2, 0.25) is 0 Å². The normalized spacial score (nSPS) is 10.5. The molecule has 0 aliphatic carbocycles. The number of hydrogen-bond donors (Lipinski definition) is 1. The fourth-order valence-corrected chi connectivity index (χ4v) is 2.11. The predicted molar refractivity (Wildman–Crippen MR) is 71.5 cm³/mol. The van der Waals surface area contributed by atoms with Crippen molar-refractivity contribution >= 4 is 0 Å². The Morgan fingerprint density at radius 3 is 1.50 bits per heavy atom. The van der Waals surface area contributed by atoms with Crippen molar-refractivity contribution < 1.29 is 10.4 Å². The zero-order valence-electron chi connectivity index (χ0n) is 11.7. The molecule has 0 heterocycles. The highest BCUT2D eigenvalue weighted by Gasteiger charge is 2.00. The van der Waals surface area contributed by atoms with Crippen LogP contribution in [0.15, 0.2) is 0 Å². The maximum Gasteiger partial charge on any atom is 0.0770 e. The molecule has 0 aliphatic rings. The van der Waals surface area contributed by atoms with Crippen molar-refractivity contribution in [2.75, 3.05) is 19.6 Å². The van der Waals surface area contributed by atoms with E-state index in [9.17, 15) is 0 Å². The van der Waals surface area contributed by atoms with E-state index < -0.39 is 0 Å². The van der Waals surface area contributed by atoms with Crippen LogP contribution in [0.2, 0.25) is 0 Å². The minimum atomic E-state index is 0. The van der Waals surface area contributed by atoms with E-state index in [-0.39, 0.29) is 5.48 Å². The van der Waals surface area contributed by atoms with E-state index in [1.807, 2.05) is 0 Å². The summed E-state index contributed by atoms with van der Waals surface area (Å²) in [7, 11) is 0. The first kappa shape index (κ1) is 18.3. The Morgan fingerprint density at radius 1 is 0.625 bits per heavy atom. The van der Waals surface area contributed by atoms with Crippen molar-refractivity contribution in [1.29, 1.82) is 0 Å². The molecule has 2 heteroatoms. The smallest absolute Gasteiger partial charge is 0.0770 e. The second kappa shape index (κ2) is 14.9. The molecule has 0 saturated heterocycles. The number of quaternary nitrogens is 1. The lowest BCUT2D eigenvalue weighted by molar-refractivity contribution is -0.896. The first-order chi connectivity index (χ1) is 7.35. The van der Waals surface area contributed by atoms with Gasteiger partial charge in [-0.2, -0.15) is 0 Å². The van der Waals surface area contributed by atoms with E-state index in [0.717, 1.165) is 0 Å². The van der Waals surface area contributed by atoms with Crippen molar-refractivity contribution in [3.05, 3.63) is 0 Å². The third-order valence-corrected chi connectivity index (χ3v) is 3.38. The molecule has 100 valence electrons. The Bertz CT molecular complexity index is 113. The predicted octanol–water partition coefficient (Wildman–Crippen LogP) is 2.88. The molecule has 0 rings (SSSR count). The maximum absolute atomic E-state index is 2.30. The lowest BCUT2D eigenvalue weighted by Gasteiger charge is -2.14. The van der Waals surface area contributed by atoms with Crippen molar-refractivity contribution in [2.45, 2.75) is 72.1 Å². The molecule has 0 saturated carbocycles. The summed E-state index contributed by atoms with van der Waals surface area (Å²) in [5.41, 5.74) is 0. The highest BCUT2D eigenvalue weighted by atomic mass is 16.0. The van der Waals surface area contributed by atoms with E-state index in [4.69, 9.17) is 0 Å². The van der Waals surface area contributed by atoms with Gasteiger partial charge >= 0.3 is 0 Å². The third-order valence-electron chi connectivity index (χ3n) is 3.38. The molecule has 0 atom stereocenters. The second-order valence-corrected chi connectivity index (χ2v) is 4.68. The van der Waals surface area contributed by atoms with Gasteiger partial charge in [-0.15, -0.1) is 0 Å². The minimum Gasteiger partial charge on any atom is -0.870 e. The molecule has 16 heavy (non-hydrogen) atoms. The van der Waals surface area contributed by atoms with E-state index in [1.165, 1.54) is 71.0 Å². The van der Waals surface area contributed by atoms with Crippen molar-refractivity contribution in [3.8, 4) is 0 Å². The molecule has 0 bridgehead atoms. The Labute approximate surface area is 103 Å². The highest BCUT2D eigenvalue weighted by Crippen LogP contribution is 2.07. The fraction of sp³-hybridized carbons (Fsp3) is 1.00. The highest BCUT2D eigenvalue weighted by molar-refractivity contribution is 4.45. The Hall–Kier alpha value is -0.0800. The molecule has 0 fully saturated rings. The molecule has 0 spiro atoms. The van der Waals surface area contributed by atoms with Crippen molar-refractivity contribution in [2.24, 2.45) is 0 Å². The Balaban J connectivity index is 0. The van der Waals surface area contributed by atoms with Gasteiger partial charge in [-0.1, -0.05) is 45.4 Å². The monoisotopic (exact) mass is 231 g/mol. The number of hydrogen-bond acceptors (Lipinski definition) is 1. The molecule has 0 aromatic rings. The van der Waals surface area contributed by atoms with Gasteiger partial charge in [-0.25, -0.2) is 0 Å². The summed E-state index contributed by atoms with van der Waals surface area (Å²) in [5.74, 6) is 0. The van der Waals surface area contributed by atoms with Gasteiger partial charge < -0.3 is 10.4 Å². The number of unbranched alkanes of at least 4 members (excludes halogenated alkanes) is 7. The van der Waals surface area contributed by atoms with Crippen LogP contribution in [0, 0.1) is 0 Å². The first-order valence-corrected chi connectivity index (χ1v) is 7.18. The molecule has 0 aromatic heterocycles. The summed E-state index contributed by atoms with van der Waals surface area (Å²) >= 11 is 0. The standard InChI is InChI=1S/C14H31N.H2O/c1-4-7-8-9-10-11-12-13-14-15(5-2)6-3;/h4-14H2,1-3H3;1H2. The number of rotatable bonds is 11. The maximum atomic E-state index is 2.30. The molecule has 0 unspecified atom stereocenters. The van der Waals surface area contributed by atoms with Gasteiger partial charge in [-0.05, 0) is 26.7 Å². The van der Waals surface area contributed by atoms with Crippen LogP contribution < -0.4 is 4.90 Å². The molecule has 0 aliphatic heterocycles. The molecule has 0 amide bonds. The third kappa shape index (κ3) is 12.0. The summed E-state index contributed by atoms with van der Waals surface area (Å²) in [4.78, 5) is 1.76. The average molecular weight is 231 g/mol. The van der Waals surface area contributed by atoms with E-state index in [0.29, 0.717) is 0 Å². The molecule has 2 nitrogen and oxygen atoms in total. The fourth-order valence-electron chi connectivity index (χ4n) is 2.11. The quantitative estimate of drug-likeness (QED) is 0.545. The Kier molecular flexibility index (Phi) is 17.1. The Morgan fingerprint density at radius 2 is 1.06 bits per heavy atom. The summed E-state index contributed by atoms with van der Waals surface area (Å²) in [6.45, 7) is 10.9. The summed E-state index contributed by atoms with van der Waals surface area (Å²) in [6.07, 6.45) is 11.5. The second-order valence-electron chi connectivity index (χ2n) is 4.68. The van der Waals surface area contributed by atoms with Crippen LogP contribution in [0.5, 0.6) is 0 Å². The average Bonchev–Trinajstić information content (AvgIpc) is 2.27. The first-order valence-electron chi connectivity index (χ1n) is 7.18. The summed E-state index contributed by atoms with van der Waals surface area (Å²) in [6, 6.07) is 0. The van der Waals surface area contributed by atoms with Gasteiger partial charge in [0.1, 0.15) is 0 Å². The van der Waals surface area contributed by atoms with Gasteiger partial charge in [-0.3, -0.25) is 0 Å². The SMILES string of the molecule is CCCCCCCCCC[NH+](CC)CC.[OH-]. The van der Waals surface area contributed by atoms with Crippen LogP contribution in [0.1, 0.15) is 72.1 Å². The van der Waals surface area contributed by atoms with E-state index in [2.05, 4.69) is 20.8 Å². The van der Waals surface area contributed by atoms with Crippen LogP contribution in [-0.4, -0.2) is 25.1 Å². The zero-order valence-corrected chi connectivity index (χ0v) is 11.7.